The third-order valence-corrected chi connectivity index (χ3v) is 3.57. The number of benzene rings is 2. The van der Waals surface area contributed by atoms with E-state index in [2.05, 4.69) is 23.1 Å². The molecule has 0 fully saturated rings. The molecule has 0 saturated heterocycles. The van der Waals surface area contributed by atoms with Crippen molar-refractivity contribution in [3.8, 4) is 0 Å². The maximum atomic E-state index is 12.1. The maximum absolute atomic E-state index is 12.1. The van der Waals surface area contributed by atoms with E-state index in [1.165, 1.54) is 0 Å². The molecule has 5 nitrogen and oxygen atoms in total. The van der Waals surface area contributed by atoms with Crippen molar-refractivity contribution in [3.05, 3.63) is 66.4 Å². The molecule has 1 heterocycles. The Bertz CT molecular complexity index is 830. The molecule has 3 amide bonds. The summed E-state index contributed by atoms with van der Waals surface area (Å²) in [6.07, 6.45) is 1.82. The third-order valence-electron chi connectivity index (χ3n) is 3.21. The number of nitrogens with zero attached hydrogens (tertiary/aromatic N) is 1. The Kier molecular flexibility index (Phi) is 3.84. The van der Waals surface area contributed by atoms with Gasteiger partial charge >= 0.3 is 6.03 Å². The van der Waals surface area contributed by atoms with Crippen LogP contribution in [-0.4, -0.2) is 21.2 Å². The Morgan fingerprint density at radius 1 is 1.05 bits per heavy atom. The molecule has 22 heavy (non-hydrogen) atoms. The zero-order chi connectivity index (χ0) is 15.5. The fraction of sp³-hybridized carbons (Fsp3) is 0. The van der Waals surface area contributed by atoms with Crippen LogP contribution in [0.4, 0.5) is 10.5 Å². The number of aromatic amines is 1. The van der Waals surface area contributed by atoms with E-state index in [0.717, 1.165) is 15.2 Å². The SMILES string of the molecule is O=C(Nc1ccc2[nH]ccc2c1)N(S)C(=O)c1ccccc1. The van der Waals surface area contributed by atoms with Crippen molar-refractivity contribution in [2.24, 2.45) is 0 Å². The van der Waals surface area contributed by atoms with E-state index in [0.29, 0.717) is 11.3 Å². The lowest BCUT2D eigenvalue weighted by atomic mass is 10.2. The average Bonchev–Trinajstić information content (AvgIpc) is 3.02. The molecule has 0 aliphatic rings. The van der Waals surface area contributed by atoms with Crippen LogP contribution in [0.1, 0.15) is 10.4 Å². The van der Waals surface area contributed by atoms with Crippen molar-refractivity contribution in [2.75, 3.05) is 5.32 Å². The van der Waals surface area contributed by atoms with Crippen LogP contribution in [-0.2, 0) is 0 Å². The number of urea groups is 1. The Morgan fingerprint density at radius 3 is 2.59 bits per heavy atom. The van der Waals surface area contributed by atoms with Gasteiger partial charge in [-0.25, -0.2) is 9.10 Å². The van der Waals surface area contributed by atoms with Crippen molar-refractivity contribution in [1.29, 1.82) is 0 Å². The van der Waals surface area contributed by atoms with E-state index in [-0.39, 0.29) is 0 Å². The number of carbonyl (C=O) groups is 2. The van der Waals surface area contributed by atoms with E-state index < -0.39 is 11.9 Å². The summed E-state index contributed by atoms with van der Waals surface area (Å²) in [5.74, 6) is -0.482. The van der Waals surface area contributed by atoms with Gasteiger partial charge in [-0.1, -0.05) is 31.0 Å². The van der Waals surface area contributed by atoms with Gasteiger partial charge in [0.25, 0.3) is 5.91 Å². The zero-order valence-electron chi connectivity index (χ0n) is 11.5. The quantitative estimate of drug-likeness (QED) is 0.632. The highest BCUT2D eigenvalue weighted by atomic mass is 32.1. The van der Waals surface area contributed by atoms with Crippen molar-refractivity contribution in [1.82, 2.24) is 9.29 Å². The molecule has 0 aliphatic carbocycles. The van der Waals surface area contributed by atoms with Crippen LogP contribution in [0.2, 0.25) is 0 Å². The first-order chi connectivity index (χ1) is 10.6. The van der Waals surface area contributed by atoms with Gasteiger partial charge in [-0.3, -0.25) is 4.79 Å². The highest BCUT2D eigenvalue weighted by Gasteiger charge is 2.19. The molecule has 0 spiro atoms. The Hall–Kier alpha value is -2.73. The van der Waals surface area contributed by atoms with Crippen LogP contribution in [0.15, 0.2) is 60.8 Å². The molecule has 3 aromatic rings. The second-order valence-electron chi connectivity index (χ2n) is 4.69. The van der Waals surface area contributed by atoms with Gasteiger partial charge in [-0.05, 0) is 36.4 Å². The van der Waals surface area contributed by atoms with E-state index >= 15 is 0 Å². The number of aromatic nitrogens is 1. The predicted molar refractivity (Wildman–Crippen MR) is 88.9 cm³/mol. The fourth-order valence-electron chi connectivity index (χ4n) is 2.10. The predicted octanol–water partition coefficient (Wildman–Crippen LogP) is 3.69. The Labute approximate surface area is 132 Å². The van der Waals surface area contributed by atoms with Gasteiger partial charge in [-0.15, -0.1) is 0 Å². The summed E-state index contributed by atoms with van der Waals surface area (Å²) < 4.78 is 0.761. The second kappa shape index (κ2) is 5.95. The minimum absolute atomic E-state index is 0.397. The van der Waals surface area contributed by atoms with E-state index in [1.807, 2.05) is 24.4 Å². The number of thiol groups is 1. The summed E-state index contributed by atoms with van der Waals surface area (Å²) >= 11 is 3.99. The molecule has 0 unspecified atom stereocenters. The van der Waals surface area contributed by atoms with Gasteiger partial charge < -0.3 is 10.3 Å². The lowest BCUT2D eigenvalue weighted by Gasteiger charge is -2.15. The smallest absolute Gasteiger partial charge is 0.338 e. The number of nitrogens with one attached hydrogen (secondary N) is 2. The van der Waals surface area contributed by atoms with Crippen LogP contribution in [0.25, 0.3) is 10.9 Å². The van der Waals surface area contributed by atoms with Crippen molar-refractivity contribution in [2.45, 2.75) is 0 Å². The first-order valence-corrected chi connectivity index (χ1v) is 7.01. The number of anilines is 1. The summed E-state index contributed by atoms with van der Waals surface area (Å²) in [5, 5.41) is 3.62. The molecule has 2 N–H and O–H groups in total. The normalized spacial score (nSPS) is 10.4. The number of H-pyrrole nitrogens is 1. The first-order valence-electron chi connectivity index (χ1n) is 6.61. The number of imide groups is 1. The molecule has 2 aromatic carbocycles. The van der Waals surface area contributed by atoms with Crippen LogP contribution in [0, 0.1) is 0 Å². The van der Waals surface area contributed by atoms with Gasteiger partial charge in [0.15, 0.2) is 0 Å². The number of carbonyl (C=O) groups excluding carboxylic acids is 2. The molecular formula is C16H13N3O2S. The third kappa shape index (κ3) is 2.82. The number of amides is 3. The van der Waals surface area contributed by atoms with Crippen LogP contribution >= 0.6 is 12.8 Å². The molecule has 110 valence electrons. The van der Waals surface area contributed by atoms with Crippen molar-refractivity contribution < 1.29 is 9.59 Å². The number of fused-ring (bicyclic) bond motifs is 1. The molecule has 0 saturated carbocycles. The number of hydrogen-bond donors (Lipinski definition) is 3. The number of rotatable bonds is 2. The molecule has 0 aliphatic heterocycles. The largest absolute Gasteiger partial charge is 0.361 e. The topological polar surface area (TPSA) is 65.2 Å². The molecule has 3 rings (SSSR count). The standard InChI is InChI=1S/C16H13N3O2S/c20-15(11-4-2-1-3-5-11)19(22)16(21)18-13-6-7-14-12(10-13)8-9-17-14/h1-10,17,22H,(H,18,21). The minimum Gasteiger partial charge on any atom is -0.361 e. The molecule has 0 atom stereocenters. The van der Waals surface area contributed by atoms with Crippen LogP contribution in [0.3, 0.4) is 0 Å². The molecule has 6 heteroatoms. The van der Waals surface area contributed by atoms with Crippen molar-refractivity contribution in [3.63, 3.8) is 0 Å². The first kappa shape index (κ1) is 14.2. The monoisotopic (exact) mass is 311 g/mol. The molecule has 1 aromatic heterocycles. The van der Waals surface area contributed by atoms with Gasteiger partial charge in [0, 0.05) is 28.4 Å². The maximum Gasteiger partial charge on any atom is 0.338 e. The second-order valence-corrected chi connectivity index (χ2v) is 5.09. The summed E-state index contributed by atoms with van der Waals surface area (Å²) in [7, 11) is 0. The zero-order valence-corrected chi connectivity index (χ0v) is 12.4. The number of hydrogen-bond acceptors (Lipinski definition) is 3. The summed E-state index contributed by atoms with van der Waals surface area (Å²) in [6.45, 7) is 0. The van der Waals surface area contributed by atoms with Gasteiger partial charge in [-0.2, -0.15) is 0 Å². The minimum atomic E-state index is -0.605. The molecule has 0 bridgehead atoms. The summed E-state index contributed by atoms with van der Waals surface area (Å²) in [4.78, 5) is 27.3. The van der Waals surface area contributed by atoms with Gasteiger partial charge in [0.1, 0.15) is 0 Å². The van der Waals surface area contributed by atoms with E-state index in [4.69, 9.17) is 0 Å². The van der Waals surface area contributed by atoms with Crippen LogP contribution < -0.4 is 5.32 Å². The van der Waals surface area contributed by atoms with E-state index in [1.54, 1.807) is 36.4 Å². The Balaban J connectivity index is 1.74. The summed E-state index contributed by atoms with van der Waals surface area (Å²) in [6, 6.07) is 15.2. The van der Waals surface area contributed by atoms with Crippen molar-refractivity contribution >= 4 is 41.3 Å². The summed E-state index contributed by atoms with van der Waals surface area (Å²) in [5.41, 5.74) is 1.96. The highest BCUT2D eigenvalue weighted by Crippen LogP contribution is 2.18. The molecule has 0 radical (unpaired) electrons. The average molecular weight is 311 g/mol. The highest BCUT2D eigenvalue weighted by molar-refractivity contribution is 7.79. The van der Waals surface area contributed by atoms with Gasteiger partial charge in [0.05, 0.1) is 0 Å². The Morgan fingerprint density at radius 2 is 1.82 bits per heavy atom. The fourth-order valence-corrected chi connectivity index (χ4v) is 2.27. The van der Waals surface area contributed by atoms with Crippen LogP contribution in [0.5, 0.6) is 0 Å². The lowest BCUT2D eigenvalue weighted by molar-refractivity contribution is 0.0902. The van der Waals surface area contributed by atoms with Gasteiger partial charge in [0.2, 0.25) is 0 Å². The lowest BCUT2D eigenvalue weighted by Crippen LogP contribution is -2.32. The molecular weight excluding hydrogens is 298 g/mol. The van der Waals surface area contributed by atoms with E-state index in [9.17, 15) is 9.59 Å².